The Hall–Kier alpha value is -6.98. The van der Waals surface area contributed by atoms with Gasteiger partial charge in [-0.3, -0.25) is 0 Å². The number of rotatable bonds is 1. The first-order chi connectivity index (χ1) is 29.1. The highest BCUT2D eigenvalue weighted by Crippen LogP contribution is 2.53. The summed E-state index contributed by atoms with van der Waals surface area (Å²) in [6.45, 7) is 11.6. The summed E-state index contributed by atoms with van der Waals surface area (Å²) >= 11 is 0. The summed E-state index contributed by atoms with van der Waals surface area (Å²) in [5, 5.41) is 7.08. The molecule has 60 heavy (non-hydrogen) atoms. The zero-order chi connectivity index (χ0) is 40.0. The summed E-state index contributed by atoms with van der Waals surface area (Å²) in [5.74, 6) is 0. The Morgan fingerprint density at radius 3 is 2.07 bits per heavy atom. The molecule has 0 radical (unpaired) electrons. The summed E-state index contributed by atoms with van der Waals surface area (Å²) in [7, 11) is 0. The number of nitrogens with zero attached hydrogens (tertiary/aromatic N) is 2. The quantitative estimate of drug-likeness (QED) is 0.156. The van der Waals surface area contributed by atoms with E-state index in [1.54, 1.807) is 0 Å². The minimum atomic E-state index is -0.158. The third-order valence-electron chi connectivity index (χ3n) is 14.3. The minimum Gasteiger partial charge on any atom is -0.456 e. The smallest absolute Gasteiger partial charge is 0.333 e. The van der Waals surface area contributed by atoms with Crippen LogP contribution in [0.1, 0.15) is 51.3 Å². The van der Waals surface area contributed by atoms with Gasteiger partial charge in [0.25, 0.3) is 0 Å². The highest BCUT2D eigenvalue weighted by atomic mass is 16.3. The molecular weight excluding hydrogens is 731 g/mol. The highest BCUT2D eigenvalue weighted by molar-refractivity contribution is 6.93. The van der Waals surface area contributed by atoms with Gasteiger partial charge in [-0.05, 0) is 104 Å². The molecule has 284 valence electrons. The number of hydrogen-bond acceptors (Lipinski definition) is 3. The van der Waals surface area contributed by atoms with E-state index in [2.05, 4.69) is 190 Å². The van der Waals surface area contributed by atoms with Crippen molar-refractivity contribution in [3.63, 3.8) is 0 Å². The van der Waals surface area contributed by atoms with Crippen LogP contribution < -0.4 is 15.7 Å². The molecule has 8 aromatic carbocycles. The second kappa shape index (κ2) is 10.8. The highest BCUT2D eigenvalue weighted by Gasteiger charge is 2.46. The van der Waals surface area contributed by atoms with Crippen LogP contribution in [0.5, 0.6) is 0 Å². The monoisotopic (exact) mass is 770 g/mol. The Morgan fingerprint density at radius 1 is 0.517 bits per heavy atom. The van der Waals surface area contributed by atoms with E-state index < -0.39 is 0 Å². The molecule has 0 fully saturated rings. The second-order valence-electron chi connectivity index (χ2n) is 18.8. The molecule has 0 saturated heterocycles. The second-order valence-corrected chi connectivity index (χ2v) is 18.8. The SMILES string of the molecule is CC(C)(C)c1ccc(N2B3c4cc5c(cc4-n4c6ccc7oc8ccccc8c7c6c6ccc(c3c64)-c3cc4oc6ccccc6c4cc32)C(C)(C)c2ccccc2-5)cc1. The first kappa shape index (κ1) is 32.9. The molecule has 2 aliphatic heterocycles. The molecule has 0 bridgehead atoms. The fourth-order valence-electron chi connectivity index (χ4n) is 11.5. The Bertz CT molecular complexity index is 3740. The van der Waals surface area contributed by atoms with E-state index in [4.69, 9.17) is 8.83 Å². The van der Waals surface area contributed by atoms with Crippen LogP contribution in [0.3, 0.4) is 0 Å². The number of benzene rings is 8. The number of aromatic nitrogens is 1. The minimum absolute atomic E-state index is 0.0285. The van der Waals surface area contributed by atoms with Crippen molar-refractivity contribution in [1.29, 1.82) is 0 Å². The van der Waals surface area contributed by atoms with Gasteiger partial charge in [-0.15, -0.1) is 0 Å². The van der Waals surface area contributed by atoms with Crippen molar-refractivity contribution >= 4 is 94.8 Å². The molecule has 3 aromatic heterocycles. The van der Waals surface area contributed by atoms with Gasteiger partial charge >= 0.3 is 6.85 Å². The van der Waals surface area contributed by atoms with Crippen molar-refractivity contribution in [2.24, 2.45) is 0 Å². The standard InChI is InChI=1S/C55H39BN2O2/c1-54(2,3)30-18-20-31(21-19-30)58-44-27-39-33-13-7-10-16-46(33)60-49(39)28-38(44)34-22-23-36-50-43(24-25-48-51(50)35-14-8-11-17-47(35)59-48)57-45-29-41-37(26-42(45)56(58)52(34)53(36)57)32-12-6-9-15-40(32)55(41,4)5/h6-29H,1-5H3. The molecule has 0 amide bonds. The van der Waals surface area contributed by atoms with E-state index in [-0.39, 0.29) is 17.7 Å². The molecule has 0 atom stereocenters. The Balaban J connectivity index is 1.18. The largest absolute Gasteiger partial charge is 0.456 e. The lowest BCUT2D eigenvalue weighted by Crippen LogP contribution is -2.60. The fourth-order valence-corrected chi connectivity index (χ4v) is 11.5. The number of anilines is 2. The van der Waals surface area contributed by atoms with Gasteiger partial charge in [0.05, 0.1) is 11.0 Å². The van der Waals surface area contributed by atoms with Crippen LogP contribution in [0.15, 0.2) is 154 Å². The van der Waals surface area contributed by atoms with Crippen molar-refractivity contribution in [1.82, 2.24) is 4.57 Å². The lowest BCUT2D eigenvalue weighted by Gasteiger charge is -2.42. The van der Waals surface area contributed by atoms with Crippen LogP contribution in [0.2, 0.25) is 0 Å². The zero-order valence-electron chi connectivity index (χ0n) is 34.1. The molecule has 5 heteroatoms. The molecule has 1 aliphatic carbocycles. The average Bonchev–Trinajstić information content (AvgIpc) is 3.98. The lowest BCUT2D eigenvalue weighted by atomic mass is 9.43. The summed E-state index contributed by atoms with van der Waals surface area (Å²) in [4.78, 5) is 2.64. The zero-order valence-corrected chi connectivity index (χ0v) is 34.1. The van der Waals surface area contributed by atoms with Crippen LogP contribution in [-0.4, -0.2) is 11.4 Å². The van der Waals surface area contributed by atoms with Gasteiger partial charge in [0, 0.05) is 60.4 Å². The normalized spacial score (nSPS) is 14.8. The van der Waals surface area contributed by atoms with Gasteiger partial charge in [-0.1, -0.05) is 126 Å². The van der Waals surface area contributed by atoms with Gasteiger partial charge in [0.1, 0.15) is 22.3 Å². The summed E-state index contributed by atoms with van der Waals surface area (Å²) in [5.41, 5.74) is 21.4. The van der Waals surface area contributed by atoms with Gasteiger partial charge in [0.2, 0.25) is 0 Å². The first-order valence-electron chi connectivity index (χ1n) is 21.2. The predicted molar refractivity (Wildman–Crippen MR) is 251 cm³/mol. The average molecular weight is 771 g/mol. The molecule has 0 saturated carbocycles. The molecule has 5 heterocycles. The van der Waals surface area contributed by atoms with Crippen molar-refractivity contribution < 1.29 is 8.83 Å². The van der Waals surface area contributed by atoms with Crippen molar-refractivity contribution in [2.75, 3.05) is 4.81 Å². The van der Waals surface area contributed by atoms with E-state index in [0.717, 1.165) is 38.5 Å². The summed E-state index contributed by atoms with van der Waals surface area (Å²) in [6.07, 6.45) is 0. The maximum absolute atomic E-state index is 6.63. The molecule has 0 spiro atoms. The number of hydrogen-bond donors (Lipinski definition) is 0. The van der Waals surface area contributed by atoms with Gasteiger partial charge < -0.3 is 18.2 Å². The van der Waals surface area contributed by atoms with E-state index >= 15 is 0 Å². The van der Waals surface area contributed by atoms with Crippen molar-refractivity contribution in [3.05, 3.63) is 162 Å². The third-order valence-corrected chi connectivity index (χ3v) is 14.3. The van der Waals surface area contributed by atoms with Gasteiger partial charge in [-0.25, -0.2) is 0 Å². The van der Waals surface area contributed by atoms with Crippen LogP contribution in [0, 0.1) is 0 Å². The third kappa shape index (κ3) is 3.94. The molecule has 14 rings (SSSR count). The van der Waals surface area contributed by atoms with Crippen LogP contribution in [-0.2, 0) is 10.8 Å². The molecule has 3 aliphatic rings. The van der Waals surface area contributed by atoms with E-state index in [1.807, 2.05) is 0 Å². The molecular formula is C55H39BN2O2. The first-order valence-corrected chi connectivity index (χ1v) is 21.2. The number of furan rings is 2. The maximum Gasteiger partial charge on any atom is 0.333 e. The molecule has 0 unspecified atom stereocenters. The van der Waals surface area contributed by atoms with Crippen molar-refractivity contribution in [2.45, 2.75) is 45.4 Å². The topological polar surface area (TPSA) is 34.5 Å². The maximum atomic E-state index is 6.63. The summed E-state index contributed by atoms with van der Waals surface area (Å²) < 4.78 is 15.8. The fraction of sp³-hybridized carbons (Fsp3) is 0.127. The Morgan fingerprint density at radius 2 is 1.25 bits per heavy atom. The van der Waals surface area contributed by atoms with Gasteiger partial charge in [0.15, 0.2) is 0 Å². The molecule has 4 nitrogen and oxygen atoms in total. The van der Waals surface area contributed by atoms with Crippen LogP contribution >= 0.6 is 0 Å². The predicted octanol–water partition coefficient (Wildman–Crippen LogP) is 13.4. The lowest BCUT2D eigenvalue weighted by molar-refractivity contribution is 0.590. The summed E-state index contributed by atoms with van der Waals surface area (Å²) in [6, 6.07) is 54.4. The van der Waals surface area contributed by atoms with Gasteiger partial charge in [-0.2, -0.15) is 0 Å². The Labute approximate surface area is 347 Å². The van der Waals surface area contributed by atoms with Crippen LogP contribution in [0.25, 0.3) is 93.6 Å². The van der Waals surface area contributed by atoms with E-state index in [1.165, 1.54) is 94.1 Å². The van der Waals surface area contributed by atoms with Crippen molar-refractivity contribution in [3.8, 4) is 27.9 Å². The number of para-hydroxylation sites is 2. The Kier molecular flexibility index (Phi) is 5.92. The molecule has 11 aromatic rings. The van der Waals surface area contributed by atoms with E-state index in [0.29, 0.717) is 0 Å². The van der Waals surface area contributed by atoms with Crippen LogP contribution in [0.4, 0.5) is 11.4 Å². The molecule has 0 N–H and O–H groups in total. The van der Waals surface area contributed by atoms with E-state index in [9.17, 15) is 0 Å². The number of fused-ring (bicyclic) bond motifs is 18.